The van der Waals surface area contributed by atoms with Gasteiger partial charge in [-0.25, -0.2) is 4.79 Å². The fraction of sp³-hybridized carbons (Fsp3) is 0.789. The van der Waals surface area contributed by atoms with Crippen LogP contribution in [0.2, 0.25) is 0 Å². The van der Waals surface area contributed by atoms with Crippen LogP contribution in [0.15, 0.2) is 11.6 Å². The van der Waals surface area contributed by atoms with Crippen LogP contribution in [0.1, 0.15) is 66.2 Å². The third-order valence-electron chi connectivity index (χ3n) is 4.42. The molecule has 6 nitrogen and oxygen atoms in total. The van der Waals surface area contributed by atoms with Crippen molar-refractivity contribution in [2.75, 3.05) is 13.2 Å². The maximum absolute atomic E-state index is 12.2. The summed E-state index contributed by atoms with van der Waals surface area (Å²) in [4.78, 5) is 23.9. The van der Waals surface area contributed by atoms with E-state index < -0.39 is 17.5 Å². The molecule has 0 radical (unpaired) electrons. The van der Waals surface area contributed by atoms with Gasteiger partial charge in [-0.05, 0) is 53.0 Å². The lowest BCUT2D eigenvalue weighted by Crippen LogP contribution is -2.37. The Kier molecular flexibility index (Phi) is 6.63. The van der Waals surface area contributed by atoms with Crippen molar-refractivity contribution in [1.82, 2.24) is 5.32 Å². The Morgan fingerprint density at radius 1 is 1.24 bits per heavy atom. The van der Waals surface area contributed by atoms with E-state index in [1.54, 1.807) is 6.08 Å². The molecule has 1 spiro atoms. The zero-order valence-corrected chi connectivity index (χ0v) is 15.9. The van der Waals surface area contributed by atoms with E-state index in [1.165, 1.54) is 5.57 Å². The monoisotopic (exact) mass is 353 g/mol. The van der Waals surface area contributed by atoms with Crippen molar-refractivity contribution >= 4 is 11.9 Å². The average Bonchev–Trinajstić information content (AvgIpc) is 2.94. The molecule has 2 fully saturated rings. The first-order valence-corrected chi connectivity index (χ1v) is 9.17. The fourth-order valence-corrected chi connectivity index (χ4v) is 3.12. The highest BCUT2D eigenvalue weighted by Gasteiger charge is 2.38. The van der Waals surface area contributed by atoms with Crippen LogP contribution in [-0.2, 0) is 19.0 Å². The zero-order chi connectivity index (χ0) is 18.5. The van der Waals surface area contributed by atoms with Crippen molar-refractivity contribution in [3.63, 3.8) is 0 Å². The van der Waals surface area contributed by atoms with Crippen LogP contribution < -0.4 is 5.32 Å². The second-order valence-electron chi connectivity index (χ2n) is 7.96. The summed E-state index contributed by atoms with van der Waals surface area (Å²) < 4.78 is 16.6. The highest BCUT2D eigenvalue weighted by molar-refractivity contribution is 5.90. The van der Waals surface area contributed by atoms with Crippen molar-refractivity contribution < 1.29 is 23.8 Å². The topological polar surface area (TPSA) is 73.9 Å². The standard InChI is InChI=1S/C19H31NO5/c1-14(20-17(22)25-18(2,3)4)5-6-16(21)13-15-7-9-19(10-8-15)23-11-12-24-19/h13-14H,5-12H2,1-4H3,(H,20,22). The predicted octanol–water partition coefficient (Wildman–Crippen LogP) is 3.49. The zero-order valence-electron chi connectivity index (χ0n) is 15.9. The molecular formula is C19H31NO5. The number of hydrogen-bond acceptors (Lipinski definition) is 5. The molecule has 0 aromatic rings. The summed E-state index contributed by atoms with van der Waals surface area (Å²) in [6.07, 6.45) is 5.67. The molecule has 1 saturated heterocycles. The Labute approximate surface area is 150 Å². The number of nitrogens with one attached hydrogen (secondary N) is 1. The molecule has 1 N–H and O–H groups in total. The van der Waals surface area contributed by atoms with Gasteiger partial charge in [0.15, 0.2) is 11.6 Å². The van der Waals surface area contributed by atoms with Crippen LogP contribution in [-0.4, -0.2) is 42.5 Å². The lowest BCUT2D eigenvalue weighted by atomic mass is 9.88. The van der Waals surface area contributed by atoms with E-state index in [-0.39, 0.29) is 11.8 Å². The first-order valence-electron chi connectivity index (χ1n) is 9.17. The molecular weight excluding hydrogens is 322 g/mol. The highest BCUT2D eigenvalue weighted by Crippen LogP contribution is 2.37. The van der Waals surface area contributed by atoms with Crippen molar-refractivity contribution in [1.29, 1.82) is 0 Å². The minimum absolute atomic E-state index is 0.105. The summed E-state index contributed by atoms with van der Waals surface area (Å²) in [7, 11) is 0. The molecule has 1 amide bonds. The lowest BCUT2D eigenvalue weighted by Gasteiger charge is -2.32. The van der Waals surface area contributed by atoms with Gasteiger partial charge in [0.05, 0.1) is 13.2 Å². The van der Waals surface area contributed by atoms with Gasteiger partial charge >= 0.3 is 6.09 Å². The molecule has 6 heteroatoms. The van der Waals surface area contributed by atoms with Crippen LogP contribution >= 0.6 is 0 Å². The van der Waals surface area contributed by atoms with Gasteiger partial charge < -0.3 is 19.5 Å². The third kappa shape index (κ3) is 6.78. The fourth-order valence-electron chi connectivity index (χ4n) is 3.12. The summed E-state index contributed by atoms with van der Waals surface area (Å²) in [5.41, 5.74) is 0.650. The van der Waals surface area contributed by atoms with Crippen LogP contribution in [0, 0.1) is 0 Å². The Balaban J connectivity index is 1.69. The summed E-state index contributed by atoms with van der Waals surface area (Å²) in [6.45, 7) is 8.68. The molecule has 1 saturated carbocycles. The number of carbonyl (C=O) groups excluding carboxylic acids is 2. The van der Waals surface area contributed by atoms with Gasteiger partial charge in [0, 0.05) is 25.3 Å². The summed E-state index contributed by atoms with van der Waals surface area (Å²) in [5, 5.41) is 2.76. The third-order valence-corrected chi connectivity index (χ3v) is 4.42. The second kappa shape index (κ2) is 8.32. The SMILES string of the molecule is CC(CCC(=O)C=C1CCC2(CC1)OCCO2)NC(=O)OC(C)(C)C. The van der Waals surface area contributed by atoms with E-state index in [0.717, 1.165) is 25.7 Å². The Hall–Kier alpha value is -1.40. The summed E-state index contributed by atoms with van der Waals surface area (Å²) in [5.74, 6) is -0.288. The number of carbonyl (C=O) groups is 2. The molecule has 0 bridgehead atoms. The molecule has 1 atom stereocenters. The molecule has 1 heterocycles. The first-order chi connectivity index (χ1) is 11.7. The van der Waals surface area contributed by atoms with Crippen molar-refractivity contribution in [2.45, 2.75) is 83.6 Å². The van der Waals surface area contributed by atoms with E-state index in [0.29, 0.717) is 26.1 Å². The van der Waals surface area contributed by atoms with Crippen LogP contribution in [0.25, 0.3) is 0 Å². The maximum Gasteiger partial charge on any atom is 0.407 e. The molecule has 0 aromatic heterocycles. The minimum Gasteiger partial charge on any atom is -0.444 e. The van der Waals surface area contributed by atoms with E-state index in [2.05, 4.69) is 5.32 Å². The van der Waals surface area contributed by atoms with E-state index in [1.807, 2.05) is 27.7 Å². The largest absolute Gasteiger partial charge is 0.444 e. The molecule has 2 aliphatic rings. The number of alkyl carbamates (subject to hydrolysis) is 1. The number of amides is 1. The van der Waals surface area contributed by atoms with Gasteiger partial charge in [-0.1, -0.05) is 5.57 Å². The van der Waals surface area contributed by atoms with Crippen molar-refractivity contribution in [3.8, 4) is 0 Å². The van der Waals surface area contributed by atoms with Gasteiger partial charge in [0.2, 0.25) is 0 Å². The van der Waals surface area contributed by atoms with Crippen LogP contribution in [0.5, 0.6) is 0 Å². The summed E-state index contributed by atoms with van der Waals surface area (Å²) >= 11 is 0. The maximum atomic E-state index is 12.2. The van der Waals surface area contributed by atoms with Gasteiger partial charge in [-0.2, -0.15) is 0 Å². The number of ether oxygens (including phenoxy) is 3. The highest BCUT2D eigenvalue weighted by atomic mass is 16.7. The molecule has 25 heavy (non-hydrogen) atoms. The Morgan fingerprint density at radius 2 is 1.84 bits per heavy atom. The number of ketones is 1. The first kappa shape index (κ1) is 19.9. The van der Waals surface area contributed by atoms with E-state index in [9.17, 15) is 9.59 Å². The molecule has 0 aromatic carbocycles. The Bertz CT molecular complexity index is 502. The van der Waals surface area contributed by atoms with Crippen LogP contribution in [0.3, 0.4) is 0 Å². The van der Waals surface area contributed by atoms with E-state index >= 15 is 0 Å². The predicted molar refractivity (Wildman–Crippen MR) is 94.3 cm³/mol. The smallest absolute Gasteiger partial charge is 0.407 e. The molecule has 142 valence electrons. The quantitative estimate of drug-likeness (QED) is 0.766. The number of allylic oxidation sites excluding steroid dienone is 2. The lowest BCUT2D eigenvalue weighted by molar-refractivity contribution is -0.171. The molecule has 1 unspecified atom stereocenters. The normalized spacial score (nSPS) is 21.0. The van der Waals surface area contributed by atoms with Gasteiger partial charge in [0.1, 0.15) is 5.60 Å². The van der Waals surface area contributed by atoms with Gasteiger partial charge in [0.25, 0.3) is 0 Å². The van der Waals surface area contributed by atoms with Crippen molar-refractivity contribution in [3.05, 3.63) is 11.6 Å². The number of rotatable bonds is 5. The molecule has 1 aliphatic heterocycles. The van der Waals surface area contributed by atoms with Gasteiger partial charge in [-0.15, -0.1) is 0 Å². The summed E-state index contributed by atoms with van der Waals surface area (Å²) in [6, 6.07) is -0.105. The van der Waals surface area contributed by atoms with Crippen molar-refractivity contribution in [2.24, 2.45) is 0 Å². The average molecular weight is 353 g/mol. The molecule has 2 rings (SSSR count). The van der Waals surface area contributed by atoms with Crippen LogP contribution in [0.4, 0.5) is 4.79 Å². The second-order valence-corrected chi connectivity index (χ2v) is 7.96. The number of hydrogen-bond donors (Lipinski definition) is 1. The Morgan fingerprint density at radius 3 is 2.40 bits per heavy atom. The minimum atomic E-state index is -0.519. The van der Waals surface area contributed by atoms with E-state index in [4.69, 9.17) is 14.2 Å². The van der Waals surface area contributed by atoms with Gasteiger partial charge in [-0.3, -0.25) is 4.79 Å². The molecule has 1 aliphatic carbocycles.